The number of benzene rings is 2. The van der Waals surface area contributed by atoms with Crippen LogP contribution in [-0.4, -0.2) is 19.9 Å². The normalized spacial score (nSPS) is 11.2. The van der Waals surface area contributed by atoms with Gasteiger partial charge in [-0.15, -0.1) is 0 Å². The molecule has 4 heterocycles. The molecule has 2 aromatic carbocycles. The van der Waals surface area contributed by atoms with Gasteiger partial charge in [0, 0.05) is 22.5 Å². The van der Waals surface area contributed by atoms with Gasteiger partial charge in [0.2, 0.25) is 11.8 Å². The van der Waals surface area contributed by atoms with Crippen molar-refractivity contribution in [1.29, 1.82) is 0 Å². The molecule has 6 rings (SSSR count). The molecule has 4 aromatic heterocycles. The number of aromatic nitrogens is 4. The molecule has 0 bridgehead atoms. The van der Waals surface area contributed by atoms with Crippen LogP contribution in [0.25, 0.3) is 44.3 Å². The summed E-state index contributed by atoms with van der Waals surface area (Å²) in [5, 5.41) is 0. The molecule has 5 heteroatoms. The Labute approximate surface area is 215 Å². The van der Waals surface area contributed by atoms with Crippen molar-refractivity contribution in [2.24, 2.45) is 0 Å². The molecule has 0 saturated carbocycles. The van der Waals surface area contributed by atoms with E-state index in [2.05, 4.69) is 62.4 Å². The fourth-order valence-corrected chi connectivity index (χ4v) is 4.40. The van der Waals surface area contributed by atoms with E-state index in [1.54, 1.807) is 0 Å². The van der Waals surface area contributed by atoms with Gasteiger partial charge in [-0.2, -0.15) is 0 Å². The molecule has 0 atom stereocenters. The minimum absolute atomic E-state index is 0.488. The van der Waals surface area contributed by atoms with Crippen molar-refractivity contribution in [3.05, 3.63) is 107 Å². The zero-order chi connectivity index (χ0) is 25.5. The van der Waals surface area contributed by atoms with Gasteiger partial charge >= 0.3 is 0 Å². The first-order chi connectivity index (χ1) is 17.9. The molecule has 0 unspecified atom stereocenters. The molecule has 0 amide bonds. The van der Waals surface area contributed by atoms with E-state index in [9.17, 15) is 0 Å². The van der Waals surface area contributed by atoms with Gasteiger partial charge in [-0.3, -0.25) is 9.97 Å². The van der Waals surface area contributed by atoms with Crippen molar-refractivity contribution in [2.75, 3.05) is 0 Å². The summed E-state index contributed by atoms with van der Waals surface area (Å²) in [6, 6.07) is 28.7. The fourth-order valence-electron chi connectivity index (χ4n) is 4.40. The summed E-state index contributed by atoms with van der Waals surface area (Å²) in [5.41, 5.74) is 11.2. The highest BCUT2D eigenvalue weighted by molar-refractivity contribution is 5.86. The maximum absolute atomic E-state index is 6.61. The Bertz CT molecular complexity index is 1640. The van der Waals surface area contributed by atoms with E-state index < -0.39 is 0 Å². The molecule has 0 saturated heterocycles. The van der Waals surface area contributed by atoms with Crippen molar-refractivity contribution in [3.8, 4) is 34.0 Å². The minimum atomic E-state index is 0.488. The molecule has 0 aliphatic heterocycles. The van der Waals surface area contributed by atoms with Crippen LogP contribution in [0, 0.1) is 27.7 Å². The molecule has 0 aliphatic rings. The summed E-state index contributed by atoms with van der Waals surface area (Å²) in [4.78, 5) is 19.2. The summed E-state index contributed by atoms with van der Waals surface area (Å²) in [5.74, 6) is 0.976. The van der Waals surface area contributed by atoms with E-state index in [1.807, 2.05) is 50.2 Å². The Morgan fingerprint density at radius 1 is 0.432 bits per heavy atom. The quantitative estimate of drug-likeness (QED) is 0.255. The van der Waals surface area contributed by atoms with Gasteiger partial charge in [0.1, 0.15) is 0 Å². The van der Waals surface area contributed by atoms with Gasteiger partial charge in [-0.25, -0.2) is 9.97 Å². The van der Waals surface area contributed by atoms with Crippen LogP contribution < -0.4 is 4.74 Å². The highest BCUT2D eigenvalue weighted by Gasteiger charge is 2.18. The zero-order valence-corrected chi connectivity index (χ0v) is 21.3. The molecule has 0 aliphatic carbocycles. The minimum Gasteiger partial charge on any atom is -0.419 e. The van der Waals surface area contributed by atoms with Gasteiger partial charge in [0.05, 0.1) is 22.1 Å². The number of nitrogens with zero attached hydrogens (tertiary/aromatic N) is 4. The Morgan fingerprint density at radius 2 is 0.838 bits per heavy atom. The van der Waals surface area contributed by atoms with Gasteiger partial charge in [0.15, 0.2) is 0 Å². The van der Waals surface area contributed by atoms with Crippen LogP contribution in [0.2, 0.25) is 0 Å². The van der Waals surface area contributed by atoms with Crippen LogP contribution in [0.5, 0.6) is 11.8 Å². The van der Waals surface area contributed by atoms with Crippen molar-refractivity contribution in [1.82, 2.24) is 19.9 Å². The van der Waals surface area contributed by atoms with Crippen LogP contribution in [0.15, 0.2) is 84.9 Å². The summed E-state index contributed by atoms with van der Waals surface area (Å²) in [6.07, 6.45) is 0. The Kier molecular flexibility index (Phi) is 5.61. The standard InChI is InChI=1S/C32H26N4O/c1-19-5-11-23(12-6-19)25-17-29-27(15-9-21(3)33-29)35-31(25)37-32-26(24-13-7-20(2)8-14-24)18-30-28(36-32)16-10-22(4)34-30/h5-18H,1-4H3. The SMILES string of the molecule is Cc1ccc(-c2cc3nc(C)ccc3nc2Oc2nc3ccc(C)nc3cc2-c2ccc(C)cc2)cc1. The van der Waals surface area contributed by atoms with Gasteiger partial charge < -0.3 is 4.74 Å². The summed E-state index contributed by atoms with van der Waals surface area (Å²) >= 11 is 0. The average Bonchev–Trinajstić information content (AvgIpc) is 2.89. The van der Waals surface area contributed by atoms with Gasteiger partial charge in [-0.05, 0) is 75.2 Å². The third-order valence-corrected chi connectivity index (χ3v) is 6.47. The third-order valence-electron chi connectivity index (χ3n) is 6.47. The zero-order valence-electron chi connectivity index (χ0n) is 21.3. The predicted molar refractivity (Wildman–Crippen MR) is 149 cm³/mol. The Hall–Kier alpha value is -4.64. The van der Waals surface area contributed by atoms with Gasteiger partial charge in [0.25, 0.3) is 0 Å². The number of hydrogen-bond donors (Lipinski definition) is 0. The summed E-state index contributed by atoms with van der Waals surface area (Å²) in [7, 11) is 0. The lowest BCUT2D eigenvalue weighted by molar-refractivity contribution is 0.452. The van der Waals surface area contributed by atoms with Crippen molar-refractivity contribution in [2.45, 2.75) is 27.7 Å². The van der Waals surface area contributed by atoms with E-state index in [0.29, 0.717) is 11.8 Å². The van der Waals surface area contributed by atoms with Crippen LogP contribution in [0.1, 0.15) is 22.5 Å². The van der Waals surface area contributed by atoms with Crippen molar-refractivity contribution < 1.29 is 4.74 Å². The fraction of sp³-hybridized carbons (Fsp3) is 0.125. The smallest absolute Gasteiger partial charge is 0.229 e. The first-order valence-corrected chi connectivity index (χ1v) is 12.3. The van der Waals surface area contributed by atoms with Gasteiger partial charge in [-0.1, -0.05) is 59.7 Å². The largest absolute Gasteiger partial charge is 0.419 e. The predicted octanol–water partition coefficient (Wildman–Crippen LogP) is 7.93. The van der Waals surface area contributed by atoms with Crippen LogP contribution in [0.3, 0.4) is 0 Å². The van der Waals surface area contributed by atoms with E-state index in [-0.39, 0.29) is 0 Å². The average molecular weight is 483 g/mol. The Morgan fingerprint density at radius 3 is 1.24 bits per heavy atom. The first kappa shape index (κ1) is 22.8. The number of hydrogen-bond acceptors (Lipinski definition) is 5. The summed E-state index contributed by atoms with van der Waals surface area (Å²) in [6.45, 7) is 8.12. The topological polar surface area (TPSA) is 60.8 Å². The van der Waals surface area contributed by atoms with E-state index in [1.165, 1.54) is 11.1 Å². The molecular weight excluding hydrogens is 456 g/mol. The lowest BCUT2D eigenvalue weighted by atomic mass is 10.0. The highest BCUT2D eigenvalue weighted by Crippen LogP contribution is 2.38. The molecule has 0 fully saturated rings. The van der Waals surface area contributed by atoms with E-state index >= 15 is 0 Å². The van der Waals surface area contributed by atoms with Crippen LogP contribution in [-0.2, 0) is 0 Å². The molecule has 180 valence electrons. The maximum Gasteiger partial charge on any atom is 0.229 e. The monoisotopic (exact) mass is 482 g/mol. The number of aryl methyl sites for hydroxylation is 4. The molecule has 0 radical (unpaired) electrons. The van der Waals surface area contributed by atoms with Crippen molar-refractivity contribution >= 4 is 22.1 Å². The lowest BCUT2D eigenvalue weighted by Crippen LogP contribution is -1.99. The second kappa shape index (κ2) is 9.10. The molecule has 0 N–H and O–H groups in total. The second-order valence-electron chi connectivity index (χ2n) is 9.50. The number of pyridine rings is 4. The number of ether oxygens (including phenoxy) is 1. The molecular formula is C32H26N4O. The van der Waals surface area contributed by atoms with E-state index in [4.69, 9.17) is 24.7 Å². The van der Waals surface area contributed by atoms with Crippen molar-refractivity contribution in [3.63, 3.8) is 0 Å². The van der Waals surface area contributed by atoms with Crippen LogP contribution >= 0.6 is 0 Å². The molecule has 0 spiro atoms. The number of rotatable bonds is 4. The molecule has 5 nitrogen and oxygen atoms in total. The maximum atomic E-state index is 6.61. The Balaban J connectivity index is 1.57. The third kappa shape index (κ3) is 4.52. The van der Waals surface area contributed by atoms with Crippen LogP contribution in [0.4, 0.5) is 0 Å². The first-order valence-electron chi connectivity index (χ1n) is 12.3. The lowest BCUT2D eigenvalue weighted by Gasteiger charge is -2.15. The summed E-state index contributed by atoms with van der Waals surface area (Å²) < 4.78 is 6.61. The number of fused-ring (bicyclic) bond motifs is 2. The molecule has 6 aromatic rings. The van der Waals surface area contributed by atoms with E-state index in [0.717, 1.165) is 55.7 Å². The second-order valence-corrected chi connectivity index (χ2v) is 9.50. The molecule has 37 heavy (non-hydrogen) atoms. The highest BCUT2D eigenvalue weighted by atomic mass is 16.5.